The molecule has 1 fully saturated rings. The summed E-state index contributed by atoms with van der Waals surface area (Å²) in [4.78, 5) is 11.0. The molecule has 7 heteroatoms. The molecule has 2 atom stereocenters. The zero-order valence-electron chi connectivity index (χ0n) is 11.0. The molecule has 1 aromatic carbocycles. The summed E-state index contributed by atoms with van der Waals surface area (Å²) in [6.07, 6.45) is 2.38. The molecule has 0 saturated heterocycles. The summed E-state index contributed by atoms with van der Waals surface area (Å²) in [5.41, 5.74) is 5.35. The molecule has 0 spiro atoms. The van der Waals surface area contributed by atoms with Gasteiger partial charge in [0, 0.05) is 11.6 Å². The van der Waals surface area contributed by atoms with E-state index < -0.39 is 28.1 Å². The predicted molar refractivity (Wildman–Crippen MR) is 73.5 cm³/mol. The van der Waals surface area contributed by atoms with E-state index in [0.29, 0.717) is 12.8 Å². The SMILES string of the molecule is NC(=O)c1ccc(S(=O)(=O)N[C@H]2CCCC[C@@H]2O)cc1. The summed E-state index contributed by atoms with van der Waals surface area (Å²) < 4.78 is 26.9. The first-order valence-electron chi connectivity index (χ1n) is 6.50. The van der Waals surface area contributed by atoms with Crippen LogP contribution in [0, 0.1) is 0 Å². The summed E-state index contributed by atoms with van der Waals surface area (Å²) in [6.45, 7) is 0. The Morgan fingerprint density at radius 3 is 2.35 bits per heavy atom. The molecule has 2 rings (SSSR count). The Balaban J connectivity index is 2.15. The first-order valence-corrected chi connectivity index (χ1v) is 7.99. The summed E-state index contributed by atoms with van der Waals surface area (Å²) in [7, 11) is -3.70. The van der Waals surface area contributed by atoms with Gasteiger partial charge in [0.1, 0.15) is 0 Å². The van der Waals surface area contributed by atoms with E-state index in [1.165, 1.54) is 24.3 Å². The average Bonchev–Trinajstić information content (AvgIpc) is 2.41. The molecule has 1 aromatic rings. The maximum absolute atomic E-state index is 12.2. The molecule has 0 bridgehead atoms. The molecule has 6 nitrogen and oxygen atoms in total. The number of benzene rings is 1. The van der Waals surface area contributed by atoms with Crippen molar-refractivity contribution in [2.75, 3.05) is 0 Å². The largest absolute Gasteiger partial charge is 0.391 e. The van der Waals surface area contributed by atoms with Crippen molar-refractivity contribution in [2.24, 2.45) is 5.73 Å². The number of amides is 1. The normalized spacial score (nSPS) is 23.4. The Morgan fingerprint density at radius 1 is 1.20 bits per heavy atom. The number of aliphatic hydroxyl groups excluding tert-OH is 1. The number of rotatable bonds is 4. The number of sulfonamides is 1. The van der Waals surface area contributed by atoms with Gasteiger partial charge in [-0.15, -0.1) is 0 Å². The molecule has 0 heterocycles. The monoisotopic (exact) mass is 298 g/mol. The number of hydrogen-bond donors (Lipinski definition) is 3. The van der Waals surface area contributed by atoms with E-state index >= 15 is 0 Å². The molecule has 1 aliphatic carbocycles. The molecule has 1 amide bonds. The molecule has 4 N–H and O–H groups in total. The third-order valence-corrected chi connectivity index (χ3v) is 4.99. The second kappa shape index (κ2) is 5.90. The first-order chi connectivity index (χ1) is 9.40. The number of nitrogens with two attached hydrogens (primary N) is 1. The highest BCUT2D eigenvalue weighted by Crippen LogP contribution is 2.20. The fourth-order valence-electron chi connectivity index (χ4n) is 2.31. The third-order valence-electron chi connectivity index (χ3n) is 3.49. The highest BCUT2D eigenvalue weighted by Gasteiger charge is 2.28. The van der Waals surface area contributed by atoms with Gasteiger partial charge in [0.25, 0.3) is 0 Å². The highest BCUT2D eigenvalue weighted by atomic mass is 32.2. The Morgan fingerprint density at radius 2 is 1.80 bits per heavy atom. The molecule has 20 heavy (non-hydrogen) atoms. The van der Waals surface area contributed by atoms with Gasteiger partial charge in [-0.3, -0.25) is 4.79 Å². The molecule has 0 aromatic heterocycles. The van der Waals surface area contributed by atoms with Gasteiger partial charge in [-0.05, 0) is 37.1 Å². The van der Waals surface area contributed by atoms with Crippen LogP contribution in [0.4, 0.5) is 0 Å². The number of carbonyl (C=O) groups is 1. The third kappa shape index (κ3) is 3.36. The lowest BCUT2D eigenvalue weighted by atomic mass is 9.93. The first kappa shape index (κ1) is 15.0. The smallest absolute Gasteiger partial charge is 0.248 e. The number of nitrogens with one attached hydrogen (secondary N) is 1. The number of carbonyl (C=O) groups excluding carboxylic acids is 1. The highest BCUT2D eigenvalue weighted by molar-refractivity contribution is 7.89. The minimum absolute atomic E-state index is 0.0558. The average molecular weight is 298 g/mol. The van der Waals surface area contributed by atoms with Gasteiger partial charge in [-0.25, -0.2) is 13.1 Å². The fraction of sp³-hybridized carbons (Fsp3) is 0.462. The van der Waals surface area contributed by atoms with E-state index in [-0.39, 0.29) is 10.5 Å². The molecule has 1 saturated carbocycles. The van der Waals surface area contributed by atoms with E-state index in [1.54, 1.807) is 0 Å². The second-order valence-electron chi connectivity index (χ2n) is 4.97. The lowest BCUT2D eigenvalue weighted by Crippen LogP contribution is -2.44. The van der Waals surface area contributed by atoms with Crippen LogP contribution < -0.4 is 10.5 Å². The van der Waals surface area contributed by atoms with Crippen LogP contribution in [-0.2, 0) is 10.0 Å². The molecule has 1 aliphatic rings. The summed E-state index contributed by atoms with van der Waals surface area (Å²) >= 11 is 0. The van der Waals surface area contributed by atoms with Crippen LogP contribution in [0.15, 0.2) is 29.2 Å². The Labute approximate surface area is 118 Å². The standard InChI is InChI=1S/C13H18N2O4S/c14-13(17)9-5-7-10(8-6-9)20(18,19)15-11-3-1-2-4-12(11)16/h5-8,11-12,15-16H,1-4H2,(H2,14,17)/t11-,12-/m0/s1. The minimum atomic E-state index is -3.70. The zero-order chi connectivity index (χ0) is 14.8. The second-order valence-corrected chi connectivity index (χ2v) is 6.68. The lowest BCUT2D eigenvalue weighted by Gasteiger charge is -2.28. The van der Waals surface area contributed by atoms with Crippen molar-refractivity contribution in [1.29, 1.82) is 0 Å². The summed E-state index contributed by atoms with van der Waals surface area (Å²) in [5, 5.41) is 9.81. The van der Waals surface area contributed by atoms with Gasteiger partial charge in [-0.1, -0.05) is 12.8 Å². The maximum atomic E-state index is 12.2. The Kier molecular flexibility index (Phi) is 4.42. The van der Waals surface area contributed by atoms with Crippen LogP contribution in [0.1, 0.15) is 36.0 Å². The Bertz CT molecular complexity index is 583. The van der Waals surface area contributed by atoms with Crippen molar-refractivity contribution in [2.45, 2.75) is 42.7 Å². The van der Waals surface area contributed by atoms with Gasteiger partial charge in [0.2, 0.25) is 15.9 Å². The predicted octanol–water partition coefficient (Wildman–Crippen LogP) is 0.367. The molecular weight excluding hydrogens is 280 g/mol. The molecule has 0 radical (unpaired) electrons. The van der Waals surface area contributed by atoms with Crippen molar-refractivity contribution in [3.8, 4) is 0 Å². The van der Waals surface area contributed by atoms with Crippen LogP contribution in [0.5, 0.6) is 0 Å². The van der Waals surface area contributed by atoms with Crippen molar-refractivity contribution in [1.82, 2.24) is 4.72 Å². The van der Waals surface area contributed by atoms with Crippen molar-refractivity contribution in [3.63, 3.8) is 0 Å². The molecule has 0 unspecified atom stereocenters. The molecular formula is C13H18N2O4S. The summed E-state index contributed by atoms with van der Waals surface area (Å²) in [6, 6.07) is 4.95. The van der Waals surface area contributed by atoms with Gasteiger partial charge in [0.05, 0.1) is 11.0 Å². The number of hydrogen-bond acceptors (Lipinski definition) is 4. The van der Waals surface area contributed by atoms with Crippen LogP contribution >= 0.6 is 0 Å². The van der Waals surface area contributed by atoms with Crippen molar-refractivity contribution < 1.29 is 18.3 Å². The van der Waals surface area contributed by atoms with Crippen LogP contribution in [0.3, 0.4) is 0 Å². The van der Waals surface area contributed by atoms with Gasteiger partial charge >= 0.3 is 0 Å². The Hall–Kier alpha value is -1.44. The number of primary amides is 1. The topological polar surface area (TPSA) is 109 Å². The van der Waals surface area contributed by atoms with Gasteiger partial charge in [-0.2, -0.15) is 0 Å². The van der Waals surface area contributed by atoms with Crippen molar-refractivity contribution >= 4 is 15.9 Å². The maximum Gasteiger partial charge on any atom is 0.248 e. The van der Waals surface area contributed by atoms with Crippen LogP contribution in [0.25, 0.3) is 0 Å². The fourth-order valence-corrected chi connectivity index (χ4v) is 3.62. The van der Waals surface area contributed by atoms with E-state index in [9.17, 15) is 18.3 Å². The molecule has 110 valence electrons. The lowest BCUT2D eigenvalue weighted by molar-refractivity contribution is 0.1000. The minimum Gasteiger partial charge on any atom is -0.391 e. The van der Waals surface area contributed by atoms with Gasteiger partial charge in [0.15, 0.2) is 0 Å². The van der Waals surface area contributed by atoms with E-state index in [1.807, 2.05) is 0 Å². The van der Waals surface area contributed by atoms with E-state index in [2.05, 4.69) is 4.72 Å². The zero-order valence-corrected chi connectivity index (χ0v) is 11.8. The van der Waals surface area contributed by atoms with Gasteiger partial charge < -0.3 is 10.8 Å². The summed E-state index contributed by atoms with van der Waals surface area (Å²) in [5.74, 6) is -0.607. The van der Waals surface area contributed by atoms with Crippen LogP contribution in [0.2, 0.25) is 0 Å². The van der Waals surface area contributed by atoms with E-state index in [0.717, 1.165) is 12.8 Å². The quantitative estimate of drug-likeness (QED) is 0.745. The van der Waals surface area contributed by atoms with E-state index in [4.69, 9.17) is 5.73 Å². The van der Waals surface area contributed by atoms with Crippen LogP contribution in [-0.4, -0.2) is 31.6 Å². The van der Waals surface area contributed by atoms with Crippen molar-refractivity contribution in [3.05, 3.63) is 29.8 Å². The molecule has 0 aliphatic heterocycles. The number of aliphatic hydroxyl groups is 1.